The highest BCUT2D eigenvalue weighted by atomic mass is 35.5. The van der Waals surface area contributed by atoms with Crippen molar-refractivity contribution in [3.05, 3.63) is 46.7 Å². The molecule has 138 valence electrons. The number of methoxy groups -OCH3 is 1. The zero-order valence-electron chi connectivity index (χ0n) is 14.9. The summed E-state index contributed by atoms with van der Waals surface area (Å²) in [4.78, 5) is 32.4. The van der Waals surface area contributed by atoms with Crippen LogP contribution in [0, 0.1) is 5.92 Å². The van der Waals surface area contributed by atoms with Gasteiger partial charge in [-0.25, -0.2) is 14.8 Å². The van der Waals surface area contributed by atoms with Crippen LogP contribution in [0.3, 0.4) is 0 Å². The van der Waals surface area contributed by atoms with E-state index in [0.717, 1.165) is 13.0 Å². The molecule has 0 aliphatic carbocycles. The number of rotatable bonds is 7. The van der Waals surface area contributed by atoms with Crippen LogP contribution < -0.4 is 10.6 Å². The molecule has 1 heterocycles. The van der Waals surface area contributed by atoms with Crippen molar-refractivity contribution in [1.82, 2.24) is 9.97 Å². The molecule has 7 nitrogen and oxygen atoms in total. The van der Waals surface area contributed by atoms with E-state index in [1.165, 1.54) is 37.6 Å². The van der Waals surface area contributed by atoms with Crippen molar-refractivity contribution in [3.8, 4) is 0 Å². The molecule has 1 aromatic carbocycles. The molecule has 0 radical (unpaired) electrons. The number of aromatic nitrogens is 2. The Kier molecular flexibility index (Phi) is 6.91. The number of hydrogen-bond donors (Lipinski definition) is 2. The SMILES string of the molecule is COC(=O)c1ccc(Cl)c(NC(=O)c2ccnc(NCCC(C)C)n2)c1. The van der Waals surface area contributed by atoms with Crippen molar-refractivity contribution in [2.24, 2.45) is 5.92 Å². The molecule has 0 saturated carbocycles. The van der Waals surface area contributed by atoms with Crippen molar-refractivity contribution in [2.75, 3.05) is 24.3 Å². The van der Waals surface area contributed by atoms with E-state index in [2.05, 4.69) is 39.2 Å². The zero-order chi connectivity index (χ0) is 19.1. The van der Waals surface area contributed by atoms with E-state index in [9.17, 15) is 9.59 Å². The monoisotopic (exact) mass is 376 g/mol. The van der Waals surface area contributed by atoms with Crippen LogP contribution >= 0.6 is 11.6 Å². The standard InChI is InChI=1S/C18H21ClN4O3/c1-11(2)6-8-20-18-21-9-7-14(23-18)16(24)22-15-10-12(17(25)26-3)4-5-13(15)19/h4-5,7,9-11H,6,8H2,1-3H3,(H,22,24)(H,20,21,23). The highest BCUT2D eigenvalue weighted by Crippen LogP contribution is 2.24. The second-order valence-corrected chi connectivity index (χ2v) is 6.42. The molecule has 2 N–H and O–H groups in total. The van der Waals surface area contributed by atoms with Crippen molar-refractivity contribution in [1.29, 1.82) is 0 Å². The van der Waals surface area contributed by atoms with Gasteiger partial charge in [0.1, 0.15) is 5.69 Å². The first-order chi connectivity index (χ1) is 12.4. The number of carbonyl (C=O) groups is 2. The van der Waals surface area contributed by atoms with Gasteiger partial charge in [-0.2, -0.15) is 0 Å². The number of nitrogens with one attached hydrogen (secondary N) is 2. The van der Waals surface area contributed by atoms with Gasteiger partial charge in [0.2, 0.25) is 5.95 Å². The van der Waals surface area contributed by atoms with Crippen molar-refractivity contribution in [3.63, 3.8) is 0 Å². The molecule has 8 heteroatoms. The zero-order valence-corrected chi connectivity index (χ0v) is 15.6. The molecule has 0 saturated heterocycles. The number of carbonyl (C=O) groups excluding carboxylic acids is 2. The molecule has 2 rings (SSSR count). The third-order valence-corrected chi connectivity index (χ3v) is 3.86. The molecular formula is C18H21ClN4O3. The topological polar surface area (TPSA) is 93.2 Å². The van der Waals surface area contributed by atoms with Gasteiger partial charge in [0, 0.05) is 12.7 Å². The van der Waals surface area contributed by atoms with Gasteiger partial charge in [0.25, 0.3) is 5.91 Å². The van der Waals surface area contributed by atoms with Crippen molar-refractivity contribution >= 4 is 35.1 Å². The Morgan fingerprint density at radius 2 is 2.04 bits per heavy atom. The van der Waals surface area contributed by atoms with Gasteiger partial charge < -0.3 is 15.4 Å². The minimum absolute atomic E-state index is 0.187. The largest absolute Gasteiger partial charge is 0.465 e. The first kappa shape index (κ1) is 19.7. The van der Waals surface area contributed by atoms with Crippen LogP contribution in [0.25, 0.3) is 0 Å². The fourth-order valence-electron chi connectivity index (χ4n) is 2.10. The molecular weight excluding hydrogens is 356 g/mol. The quantitative estimate of drug-likeness (QED) is 0.717. The lowest BCUT2D eigenvalue weighted by molar-refractivity contribution is 0.0600. The number of ether oxygens (including phenoxy) is 1. The van der Waals surface area contributed by atoms with E-state index in [1.807, 2.05) is 0 Å². The lowest BCUT2D eigenvalue weighted by Gasteiger charge is -2.10. The second kappa shape index (κ2) is 9.15. The lowest BCUT2D eigenvalue weighted by atomic mass is 10.1. The first-order valence-electron chi connectivity index (χ1n) is 8.17. The van der Waals surface area contributed by atoms with Crippen LogP contribution in [0.4, 0.5) is 11.6 Å². The van der Waals surface area contributed by atoms with Crippen LogP contribution in [0.15, 0.2) is 30.5 Å². The van der Waals surface area contributed by atoms with E-state index >= 15 is 0 Å². The number of halogens is 1. The van der Waals surface area contributed by atoms with Gasteiger partial charge in [-0.1, -0.05) is 25.4 Å². The Morgan fingerprint density at radius 1 is 1.27 bits per heavy atom. The van der Waals surface area contributed by atoms with Gasteiger partial charge in [-0.15, -0.1) is 0 Å². The Hall–Kier alpha value is -2.67. The van der Waals surface area contributed by atoms with Crippen LogP contribution in [-0.2, 0) is 4.74 Å². The molecule has 0 bridgehead atoms. The van der Waals surface area contributed by atoms with Crippen molar-refractivity contribution < 1.29 is 14.3 Å². The number of hydrogen-bond acceptors (Lipinski definition) is 6. The maximum absolute atomic E-state index is 12.4. The minimum Gasteiger partial charge on any atom is -0.465 e. The van der Waals surface area contributed by atoms with E-state index in [1.54, 1.807) is 0 Å². The smallest absolute Gasteiger partial charge is 0.337 e. The second-order valence-electron chi connectivity index (χ2n) is 6.02. The maximum atomic E-state index is 12.4. The van der Waals surface area contributed by atoms with Gasteiger partial charge >= 0.3 is 5.97 Å². The summed E-state index contributed by atoms with van der Waals surface area (Å²) in [6, 6.07) is 5.99. The molecule has 0 fully saturated rings. The average Bonchev–Trinajstić information content (AvgIpc) is 2.62. The molecule has 0 spiro atoms. The summed E-state index contributed by atoms with van der Waals surface area (Å²) in [5, 5.41) is 6.04. The first-order valence-corrected chi connectivity index (χ1v) is 8.54. The molecule has 26 heavy (non-hydrogen) atoms. The molecule has 0 atom stereocenters. The van der Waals surface area contributed by atoms with E-state index in [0.29, 0.717) is 22.6 Å². The number of anilines is 2. The number of esters is 1. The lowest BCUT2D eigenvalue weighted by Crippen LogP contribution is -2.16. The van der Waals surface area contributed by atoms with E-state index in [4.69, 9.17) is 11.6 Å². The molecule has 0 unspecified atom stereocenters. The Labute approximate surface area is 157 Å². The predicted octanol–water partition coefficient (Wildman–Crippen LogP) is 3.63. The molecule has 0 aliphatic rings. The average molecular weight is 377 g/mol. The fraction of sp³-hybridized carbons (Fsp3) is 0.333. The third-order valence-electron chi connectivity index (χ3n) is 3.53. The van der Waals surface area contributed by atoms with E-state index < -0.39 is 11.9 Å². The van der Waals surface area contributed by atoms with Gasteiger partial charge in [0.15, 0.2) is 0 Å². The van der Waals surface area contributed by atoms with E-state index in [-0.39, 0.29) is 11.3 Å². The van der Waals surface area contributed by atoms with Crippen LogP contribution in [0.2, 0.25) is 5.02 Å². The summed E-state index contributed by atoms with van der Waals surface area (Å²) >= 11 is 6.09. The van der Waals surface area contributed by atoms with Gasteiger partial charge in [0.05, 0.1) is 23.4 Å². The minimum atomic E-state index is -0.518. The fourth-order valence-corrected chi connectivity index (χ4v) is 2.26. The number of nitrogens with zero attached hydrogens (tertiary/aromatic N) is 2. The van der Waals surface area contributed by atoms with Crippen LogP contribution in [-0.4, -0.2) is 35.5 Å². The molecule has 1 amide bonds. The normalized spacial score (nSPS) is 10.5. The van der Waals surface area contributed by atoms with Crippen LogP contribution in [0.5, 0.6) is 0 Å². The summed E-state index contributed by atoms with van der Waals surface area (Å²) in [5.41, 5.74) is 0.769. The summed E-state index contributed by atoms with van der Waals surface area (Å²) in [5.74, 6) is -0.0371. The van der Waals surface area contributed by atoms with Gasteiger partial charge in [-0.3, -0.25) is 4.79 Å². The van der Waals surface area contributed by atoms with Crippen LogP contribution in [0.1, 0.15) is 41.1 Å². The Bertz CT molecular complexity index is 796. The Balaban J connectivity index is 2.11. The third kappa shape index (κ3) is 5.42. The summed E-state index contributed by atoms with van der Waals surface area (Å²) in [6.07, 6.45) is 2.47. The molecule has 1 aromatic heterocycles. The summed E-state index contributed by atoms with van der Waals surface area (Å²) in [7, 11) is 1.28. The highest BCUT2D eigenvalue weighted by molar-refractivity contribution is 6.34. The summed E-state index contributed by atoms with van der Waals surface area (Å²) < 4.78 is 4.67. The highest BCUT2D eigenvalue weighted by Gasteiger charge is 2.14. The number of benzene rings is 1. The van der Waals surface area contributed by atoms with Gasteiger partial charge in [-0.05, 0) is 36.6 Å². The van der Waals surface area contributed by atoms with Crippen molar-refractivity contribution in [2.45, 2.75) is 20.3 Å². The summed E-state index contributed by atoms with van der Waals surface area (Å²) in [6.45, 7) is 4.97. The maximum Gasteiger partial charge on any atom is 0.337 e. The Morgan fingerprint density at radius 3 is 2.73 bits per heavy atom. The number of amides is 1. The predicted molar refractivity (Wildman–Crippen MR) is 101 cm³/mol. The molecule has 2 aromatic rings. The molecule has 0 aliphatic heterocycles.